The Morgan fingerprint density at radius 2 is 1.69 bits per heavy atom. The van der Waals surface area contributed by atoms with E-state index in [0.29, 0.717) is 12.4 Å². The number of halogens is 1. The van der Waals surface area contributed by atoms with Gasteiger partial charge in [0, 0.05) is 32.1 Å². The van der Waals surface area contributed by atoms with Gasteiger partial charge in [-0.05, 0) is 35.4 Å². The number of rotatable bonds is 7. The first-order valence-electron chi connectivity index (χ1n) is 9.26. The maximum Gasteiger partial charge on any atom is 0.214 e. The third kappa shape index (κ3) is 4.32. The fraction of sp³-hybridized carbons (Fsp3) is 0.130. The van der Waals surface area contributed by atoms with E-state index in [0.717, 1.165) is 32.1 Å². The van der Waals surface area contributed by atoms with Crippen molar-refractivity contribution >= 4 is 26.8 Å². The zero-order valence-electron chi connectivity index (χ0n) is 15.5. The van der Waals surface area contributed by atoms with Gasteiger partial charge >= 0.3 is 0 Å². The van der Waals surface area contributed by atoms with Crippen LogP contribution in [0.1, 0.15) is 22.6 Å². The summed E-state index contributed by atoms with van der Waals surface area (Å²) < 4.78 is 7.09. The molecule has 0 unspecified atom stereocenters. The zero-order valence-corrected chi connectivity index (χ0v) is 17.1. The molecule has 1 N–H and O–H groups in total. The number of nitro groups is 1. The average molecular weight is 451 g/mol. The Kier molecular flexibility index (Phi) is 5.62. The molecule has 3 aromatic carbocycles. The number of ether oxygens (including phenoxy) is 1. The molecule has 0 saturated heterocycles. The molecule has 1 aromatic heterocycles. The van der Waals surface area contributed by atoms with Crippen LogP contribution in [0.3, 0.4) is 0 Å². The van der Waals surface area contributed by atoms with Crippen molar-refractivity contribution in [1.82, 2.24) is 4.98 Å². The van der Waals surface area contributed by atoms with Crippen molar-refractivity contribution in [3.05, 3.63) is 110 Å². The molecule has 4 aromatic rings. The fourth-order valence-electron chi connectivity index (χ4n) is 3.54. The summed E-state index contributed by atoms with van der Waals surface area (Å²) in [5.74, 6) is 0.245. The second-order valence-electron chi connectivity index (χ2n) is 6.81. The van der Waals surface area contributed by atoms with Crippen LogP contribution in [0, 0.1) is 10.1 Å². The molecule has 0 aliphatic rings. The molecule has 146 valence electrons. The molecule has 0 amide bonds. The van der Waals surface area contributed by atoms with Gasteiger partial charge in [0.15, 0.2) is 0 Å². The molecular formula is C23H19BrN2O3. The summed E-state index contributed by atoms with van der Waals surface area (Å²) in [6.45, 7) is 0.184. The summed E-state index contributed by atoms with van der Waals surface area (Å²) in [7, 11) is 0. The number of para-hydroxylation sites is 2. The van der Waals surface area contributed by atoms with Gasteiger partial charge in [0.2, 0.25) is 6.54 Å². The van der Waals surface area contributed by atoms with Gasteiger partial charge in [-0.3, -0.25) is 10.1 Å². The van der Waals surface area contributed by atoms with Crippen molar-refractivity contribution < 1.29 is 9.66 Å². The maximum atomic E-state index is 11.5. The van der Waals surface area contributed by atoms with Crippen LogP contribution in [0.4, 0.5) is 0 Å². The molecule has 0 aliphatic carbocycles. The van der Waals surface area contributed by atoms with Gasteiger partial charge in [-0.25, -0.2) is 0 Å². The number of hydrogen-bond donors (Lipinski definition) is 1. The van der Waals surface area contributed by atoms with Crippen molar-refractivity contribution in [2.24, 2.45) is 0 Å². The van der Waals surface area contributed by atoms with E-state index in [-0.39, 0.29) is 11.5 Å². The number of nitrogens with zero attached hydrogens (tertiary/aromatic N) is 1. The molecule has 6 heteroatoms. The summed E-state index contributed by atoms with van der Waals surface area (Å²) in [6.07, 6.45) is 1.87. The summed E-state index contributed by atoms with van der Waals surface area (Å²) >= 11 is 3.43. The highest BCUT2D eigenvalue weighted by Gasteiger charge is 2.26. The van der Waals surface area contributed by atoms with Gasteiger partial charge in [-0.1, -0.05) is 64.5 Å². The zero-order chi connectivity index (χ0) is 20.2. The number of fused-ring (bicyclic) bond motifs is 1. The van der Waals surface area contributed by atoms with Crippen molar-refractivity contribution in [3.8, 4) is 5.75 Å². The number of benzene rings is 3. The van der Waals surface area contributed by atoms with Crippen LogP contribution >= 0.6 is 15.9 Å². The van der Waals surface area contributed by atoms with Crippen LogP contribution in [-0.4, -0.2) is 16.5 Å². The second kappa shape index (κ2) is 8.49. The monoisotopic (exact) mass is 450 g/mol. The van der Waals surface area contributed by atoms with Crippen LogP contribution in [0.25, 0.3) is 10.9 Å². The van der Waals surface area contributed by atoms with E-state index in [4.69, 9.17) is 4.74 Å². The molecule has 0 bridgehead atoms. The second-order valence-corrected chi connectivity index (χ2v) is 7.73. The summed E-state index contributed by atoms with van der Waals surface area (Å²) in [5, 5.41) is 12.5. The highest BCUT2D eigenvalue weighted by Crippen LogP contribution is 2.36. The van der Waals surface area contributed by atoms with Crippen LogP contribution < -0.4 is 4.74 Å². The first kappa shape index (κ1) is 19.2. The number of nitrogens with one attached hydrogen (secondary N) is 1. The number of aromatic amines is 1. The smallest absolute Gasteiger partial charge is 0.214 e. The van der Waals surface area contributed by atoms with E-state index >= 15 is 0 Å². The van der Waals surface area contributed by atoms with Crippen LogP contribution in [0.5, 0.6) is 5.75 Å². The van der Waals surface area contributed by atoms with E-state index in [1.165, 1.54) is 0 Å². The first-order chi connectivity index (χ1) is 14.1. The van der Waals surface area contributed by atoms with Gasteiger partial charge < -0.3 is 9.72 Å². The largest absolute Gasteiger partial charge is 0.489 e. The average Bonchev–Trinajstić information content (AvgIpc) is 3.16. The minimum absolute atomic E-state index is 0.208. The standard InChI is InChI=1S/C23H19BrN2O3/c24-17-11-9-16(10-12-17)15-29-23-8-4-2-6-19(23)21(14-26(27)28)20-13-25-22-7-3-1-5-18(20)22/h1-13,21,25H,14-15H2/t21-/m0/s1. The normalized spacial score (nSPS) is 12.0. The van der Waals surface area contributed by atoms with Gasteiger partial charge in [-0.15, -0.1) is 0 Å². The maximum absolute atomic E-state index is 11.5. The Hall–Kier alpha value is -3.12. The number of hydrogen-bond acceptors (Lipinski definition) is 3. The Balaban J connectivity index is 1.70. The number of H-pyrrole nitrogens is 1. The minimum Gasteiger partial charge on any atom is -0.489 e. The molecule has 0 fully saturated rings. The molecule has 1 atom stereocenters. The van der Waals surface area contributed by atoms with Gasteiger partial charge in [0.1, 0.15) is 12.4 Å². The molecule has 4 rings (SSSR count). The van der Waals surface area contributed by atoms with E-state index < -0.39 is 5.92 Å². The summed E-state index contributed by atoms with van der Waals surface area (Å²) in [5.41, 5.74) is 3.70. The molecular weight excluding hydrogens is 432 g/mol. The van der Waals surface area contributed by atoms with Gasteiger partial charge in [0.05, 0.1) is 5.92 Å². The van der Waals surface area contributed by atoms with Crippen LogP contribution in [0.15, 0.2) is 83.5 Å². The quantitative estimate of drug-likeness (QED) is 0.280. The molecule has 0 spiro atoms. The highest BCUT2D eigenvalue weighted by molar-refractivity contribution is 9.10. The first-order valence-corrected chi connectivity index (χ1v) is 10.0. The van der Waals surface area contributed by atoms with Crippen LogP contribution in [0.2, 0.25) is 0 Å². The summed E-state index contributed by atoms with van der Waals surface area (Å²) in [4.78, 5) is 14.4. The molecule has 0 radical (unpaired) electrons. The SMILES string of the molecule is O=[N+]([O-])C[C@@H](c1ccccc1OCc1ccc(Br)cc1)c1c[nH]c2ccccc12. The highest BCUT2D eigenvalue weighted by atomic mass is 79.9. The Morgan fingerprint density at radius 3 is 2.48 bits per heavy atom. The molecule has 5 nitrogen and oxygen atoms in total. The topological polar surface area (TPSA) is 68.2 Å². The van der Waals surface area contributed by atoms with Crippen molar-refractivity contribution in [2.45, 2.75) is 12.5 Å². The fourth-order valence-corrected chi connectivity index (χ4v) is 3.80. The molecule has 0 aliphatic heterocycles. The Bertz CT molecular complexity index is 1140. The minimum atomic E-state index is -0.415. The predicted octanol–water partition coefficient (Wildman–Crippen LogP) is 5.92. The van der Waals surface area contributed by atoms with Crippen molar-refractivity contribution in [2.75, 3.05) is 6.54 Å². The van der Waals surface area contributed by atoms with E-state index in [1.807, 2.05) is 79.0 Å². The lowest BCUT2D eigenvalue weighted by molar-refractivity contribution is -0.481. The van der Waals surface area contributed by atoms with E-state index in [9.17, 15) is 10.1 Å². The third-order valence-corrected chi connectivity index (χ3v) is 5.46. The molecule has 0 saturated carbocycles. The molecule has 1 heterocycles. The molecule has 29 heavy (non-hydrogen) atoms. The van der Waals surface area contributed by atoms with Crippen LogP contribution in [-0.2, 0) is 6.61 Å². The van der Waals surface area contributed by atoms with E-state index in [1.54, 1.807) is 0 Å². The lowest BCUT2D eigenvalue weighted by Gasteiger charge is -2.18. The Labute approximate surface area is 176 Å². The van der Waals surface area contributed by atoms with Gasteiger partial charge in [0.25, 0.3) is 0 Å². The number of aromatic nitrogens is 1. The van der Waals surface area contributed by atoms with Gasteiger partial charge in [-0.2, -0.15) is 0 Å². The lowest BCUT2D eigenvalue weighted by Crippen LogP contribution is -2.15. The Morgan fingerprint density at radius 1 is 0.966 bits per heavy atom. The van der Waals surface area contributed by atoms with Crippen molar-refractivity contribution in [3.63, 3.8) is 0 Å². The van der Waals surface area contributed by atoms with Crippen molar-refractivity contribution in [1.29, 1.82) is 0 Å². The summed E-state index contributed by atoms with van der Waals surface area (Å²) in [6, 6.07) is 23.3. The predicted molar refractivity (Wildman–Crippen MR) is 117 cm³/mol. The third-order valence-electron chi connectivity index (χ3n) is 4.93. The van der Waals surface area contributed by atoms with E-state index in [2.05, 4.69) is 20.9 Å². The lowest BCUT2D eigenvalue weighted by atomic mass is 9.90.